The van der Waals surface area contributed by atoms with Crippen molar-refractivity contribution in [1.82, 2.24) is 10.6 Å². The maximum atomic E-state index is 12.0. The smallest absolute Gasteiger partial charge is 0.237 e. The highest BCUT2D eigenvalue weighted by molar-refractivity contribution is 5.81. The van der Waals surface area contributed by atoms with Gasteiger partial charge in [-0.05, 0) is 39.0 Å². The van der Waals surface area contributed by atoms with Crippen molar-refractivity contribution in [3.05, 3.63) is 0 Å². The molecule has 1 rings (SSSR count). The first kappa shape index (κ1) is 17.4. The van der Waals surface area contributed by atoms with Crippen LogP contribution in [-0.4, -0.2) is 35.2 Å². The molecule has 4 unspecified atom stereocenters. The molecule has 0 aromatic rings. The van der Waals surface area contributed by atoms with Crippen molar-refractivity contribution >= 4 is 5.91 Å². The van der Waals surface area contributed by atoms with Gasteiger partial charge in [0.1, 0.15) is 0 Å². The number of hydrogen-bond donors (Lipinski definition) is 3. The third-order valence-electron chi connectivity index (χ3n) is 4.31. The van der Waals surface area contributed by atoms with E-state index in [1.165, 1.54) is 6.42 Å². The molecular weight excluding hydrogens is 252 g/mol. The van der Waals surface area contributed by atoms with Gasteiger partial charge in [-0.2, -0.15) is 0 Å². The van der Waals surface area contributed by atoms with Crippen LogP contribution in [0.25, 0.3) is 0 Å². The van der Waals surface area contributed by atoms with E-state index in [-0.39, 0.29) is 18.0 Å². The highest BCUT2D eigenvalue weighted by atomic mass is 16.3. The van der Waals surface area contributed by atoms with E-state index in [1.807, 2.05) is 13.8 Å². The normalized spacial score (nSPS) is 29.8. The van der Waals surface area contributed by atoms with Crippen LogP contribution in [0, 0.1) is 5.92 Å². The van der Waals surface area contributed by atoms with Crippen LogP contribution in [0.2, 0.25) is 0 Å². The molecule has 3 N–H and O–H groups in total. The number of rotatable bonds is 7. The lowest BCUT2D eigenvalue weighted by Crippen LogP contribution is -2.51. The number of carbonyl (C=O) groups excluding carboxylic acids is 1. The van der Waals surface area contributed by atoms with Crippen LogP contribution in [-0.2, 0) is 4.79 Å². The average molecular weight is 284 g/mol. The Morgan fingerprint density at radius 1 is 1.45 bits per heavy atom. The van der Waals surface area contributed by atoms with Gasteiger partial charge in [-0.3, -0.25) is 4.79 Å². The number of hydrogen-bond acceptors (Lipinski definition) is 3. The molecule has 1 aliphatic carbocycles. The Morgan fingerprint density at radius 2 is 2.15 bits per heavy atom. The summed E-state index contributed by atoms with van der Waals surface area (Å²) >= 11 is 0. The molecule has 0 bridgehead atoms. The first-order chi connectivity index (χ1) is 9.36. The molecule has 4 heteroatoms. The summed E-state index contributed by atoms with van der Waals surface area (Å²) in [6.07, 6.45) is 6.02. The van der Waals surface area contributed by atoms with Crippen LogP contribution < -0.4 is 10.6 Å². The van der Waals surface area contributed by atoms with Crippen molar-refractivity contribution in [2.45, 2.75) is 83.9 Å². The Bertz CT molecular complexity index is 309. The van der Waals surface area contributed by atoms with Crippen LogP contribution in [0.1, 0.15) is 66.2 Å². The molecule has 4 atom stereocenters. The monoisotopic (exact) mass is 284 g/mol. The van der Waals surface area contributed by atoms with E-state index in [2.05, 4.69) is 24.5 Å². The number of nitrogens with one attached hydrogen (secondary N) is 2. The van der Waals surface area contributed by atoms with Gasteiger partial charge in [-0.15, -0.1) is 0 Å². The minimum absolute atomic E-state index is 0.0263. The predicted molar refractivity (Wildman–Crippen MR) is 82.6 cm³/mol. The molecule has 0 spiro atoms. The van der Waals surface area contributed by atoms with Crippen LogP contribution in [0.15, 0.2) is 0 Å². The molecule has 1 aliphatic rings. The Labute approximate surface area is 123 Å². The average Bonchev–Trinajstić information content (AvgIpc) is 2.36. The predicted octanol–water partition coefficient (Wildman–Crippen LogP) is 2.21. The second kappa shape index (κ2) is 7.99. The van der Waals surface area contributed by atoms with E-state index in [9.17, 15) is 9.90 Å². The van der Waals surface area contributed by atoms with E-state index in [1.54, 1.807) is 0 Å². The van der Waals surface area contributed by atoms with E-state index in [0.717, 1.165) is 32.1 Å². The van der Waals surface area contributed by atoms with Crippen LogP contribution in [0.3, 0.4) is 0 Å². The van der Waals surface area contributed by atoms with Gasteiger partial charge >= 0.3 is 0 Å². The molecule has 0 aromatic carbocycles. The van der Waals surface area contributed by atoms with E-state index >= 15 is 0 Å². The minimum atomic E-state index is -0.638. The summed E-state index contributed by atoms with van der Waals surface area (Å²) in [5.41, 5.74) is -0.638. The van der Waals surface area contributed by atoms with Gasteiger partial charge in [0, 0.05) is 12.6 Å². The van der Waals surface area contributed by atoms with Gasteiger partial charge in [0.25, 0.3) is 0 Å². The van der Waals surface area contributed by atoms with Crippen molar-refractivity contribution < 1.29 is 9.90 Å². The molecule has 0 saturated heterocycles. The molecule has 1 amide bonds. The summed E-state index contributed by atoms with van der Waals surface area (Å²) in [7, 11) is 0. The Kier molecular flexibility index (Phi) is 6.96. The highest BCUT2D eigenvalue weighted by Gasteiger charge is 2.33. The molecule has 1 fully saturated rings. The molecule has 0 aromatic heterocycles. The topological polar surface area (TPSA) is 61.4 Å². The lowest BCUT2D eigenvalue weighted by Gasteiger charge is -2.36. The molecule has 20 heavy (non-hydrogen) atoms. The molecule has 0 radical (unpaired) electrons. The Morgan fingerprint density at radius 3 is 2.75 bits per heavy atom. The molecule has 118 valence electrons. The lowest BCUT2D eigenvalue weighted by atomic mass is 9.79. The lowest BCUT2D eigenvalue weighted by molar-refractivity contribution is -0.123. The second-order valence-corrected chi connectivity index (χ2v) is 6.73. The third-order valence-corrected chi connectivity index (χ3v) is 4.31. The quantitative estimate of drug-likeness (QED) is 0.672. The van der Waals surface area contributed by atoms with Crippen molar-refractivity contribution in [3.8, 4) is 0 Å². The Hall–Kier alpha value is -0.610. The second-order valence-electron chi connectivity index (χ2n) is 6.73. The summed E-state index contributed by atoms with van der Waals surface area (Å²) < 4.78 is 0. The van der Waals surface area contributed by atoms with Gasteiger partial charge in [-0.1, -0.05) is 33.1 Å². The fraction of sp³-hybridized carbons (Fsp3) is 0.938. The van der Waals surface area contributed by atoms with Gasteiger partial charge in [0.15, 0.2) is 0 Å². The number of aliphatic hydroxyl groups is 1. The SMILES string of the molecule is CCCC(C)NC(=O)C(C)NCC1(O)CCCC(C)C1. The molecule has 1 saturated carbocycles. The zero-order valence-corrected chi connectivity index (χ0v) is 13.5. The van der Waals surface area contributed by atoms with Crippen LogP contribution in [0.5, 0.6) is 0 Å². The largest absolute Gasteiger partial charge is 0.389 e. The van der Waals surface area contributed by atoms with E-state index in [0.29, 0.717) is 12.5 Å². The van der Waals surface area contributed by atoms with Crippen molar-refractivity contribution in [1.29, 1.82) is 0 Å². The molecular formula is C16H32N2O2. The molecule has 0 aliphatic heterocycles. The van der Waals surface area contributed by atoms with Gasteiger partial charge < -0.3 is 15.7 Å². The zero-order chi connectivity index (χ0) is 15.2. The summed E-state index contributed by atoms with van der Waals surface area (Å²) in [6.45, 7) is 8.71. The number of carbonyl (C=O) groups is 1. The fourth-order valence-electron chi connectivity index (χ4n) is 3.10. The van der Waals surface area contributed by atoms with Crippen LogP contribution in [0.4, 0.5) is 0 Å². The van der Waals surface area contributed by atoms with Crippen molar-refractivity contribution in [2.24, 2.45) is 5.92 Å². The first-order valence-corrected chi connectivity index (χ1v) is 8.12. The summed E-state index contributed by atoms with van der Waals surface area (Å²) in [6, 6.07) is -0.0369. The van der Waals surface area contributed by atoms with Gasteiger partial charge in [0.2, 0.25) is 5.91 Å². The standard InChI is InChI=1S/C16H32N2O2/c1-5-7-13(3)18-15(19)14(4)17-11-16(20)9-6-8-12(2)10-16/h12-14,17,20H,5-11H2,1-4H3,(H,18,19). The third kappa shape index (κ3) is 5.80. The van der Waals surface area contributed by atoms with E-state index < -0.39 is 5.60 Å². The van der Waals surface area contributed by atoms with Crippen molar-refractivity contribution in [2.75, 3.05) is 6.54 Å². The number of amides is 1. The molecule has 0 heterocycles. The Balaban J connectivity index is 2.34. The maximum absolute atomic E-state index is 12.0. The van der Waals surface area contributed by atoms with Gasteiger partial charge in [0.05, 0.1) is 11.6 Å². The van der Waals surface area contributed by atoms with E-state index in [4.69, 9.17) is 0 Å². The summed E-state index contributed by atoms with van der Waals surface area (Å²) in [5, 5.41) is 16.7. The zero-order valence-electron chi connectivity index (χ0n) is 13.5. The van der Waals surface area contributed by atoms with Crippen LogP contribution >= 0.6 is 0 Å². The summed E-state index contributed by atoms with van der Waals surface area (Å²) in [4.78, 5) is 12.0. The van der Waals surface area contributed by atoms with Crippen molar-refractivity contribution in [3.63, 3.8) is 0 Å². The highest BCUT2D eigenvalue weighted by Crippen LogP contribution is 2.31. The summed E-state index contributed by atoms with van der Waals surface area (Å²) in [5.74, 6) is 0.600. The minimum Gasteiger partial charge on any atom is -0.389 e. The fourth-order valence-corrected chi connectivity index (χ4v) is 3.10. The maximum Gasteiger partial charge on any atom is 0.237 e. The first-order valence-electron chi connectivity index (χ1n) is 8.12. The van der Waals surface area contributed by atoms with Gasteiger partial charge in [-0.25, -0.2) is 0 Å². The molecule has 4 nitrogen and oxygen atoms in total.